The molecule has 2 aliphatic heterocycles. The Kier molecular flexibility index (Phi) is 12.4. The largest absolute Gasteiger partial charge is 0.507 e. The van der Waals surface area contributed by atoms with Crippen molar-refractivity contribution in [3.63, 3.8) is 0 Å². The SMILES string of the molecule is Cc1c(C)c2c(c(C)c1O)CCC(C)(CCOC(=O)CCSCSCCC(=O)OCCC1(C)CCc3c(C)c(O)c(C)c(C)c3O1)O2. The van der Waals surface area contributed by atoms with E-state index >= 15 is 0 Å². The van der Waals surface area contributed by atoms with Gasteiger partial charge in [-0.2, -0.15) is 23.5 Å². The number of fused-ring (bicyclic) bond motifs is 2. The maximum Gasteiger partial charge on any atom is 0.306 e. The van der Waals surface area contributed by atoms with Gasteiger partial charge in [-0.05, 0) is 114 Å². The Morgan fingerprint density at radius 3 is 1.43 bits per heavy atom. The lowest BCUT2D eigenvalue weighted by atomic mass is 9.86. The first-order valence-corrected chi connectivity index (χ1v) is 19.0. The minimum Gasteiger partial charge on any atom is -0.507 e. The van der Waals surface area contributed by atoms with Crippen LogP contribution in [0, 0.1) is 41.5 Å². The monoisotopic (exact) mass is 688 g/mol. The van der Waals surface area contributed by atoms with Gasteiger partial charge < -0.3 is 29.2 Å². The maximum atomic E-state index is 12.3. The van der Waals surface area contributed by atoms with Gasteiger partial charge in [0, 0.05) is 40.6 Å². The predicted molar refractivity (Wildman–Crippen MR) is 190 cm³/mol. The number of phenolic OH excluding ortho intramolecular Hbond substituents is 2. The summed E-state index contributed by atoms with van der Waals surface area (Å²) in [5, 5.41) is 21.6. The molecule has 0 amide bonds. The van der Waals surface area contributed by atoms with Crippen LogP contribution in [0.3, 0.4) is 0 Å². The van der Waals surface area contributed by atoms with E-state index in [9.17, 15) is 19.8 Å². The molecule has 0 saturated carbocycles. The van der Waals surface area contributed by atoms with Crippen LogP contribution in [-0.4, -0.2) is 63.2 Å². The zero-order chi connectivity index (χ0) is 34.5. The zero-order valence-corrected chi connectivity index (χ0v) is 31.0. The molecule has 2 aliphatic rings. The van der Waals surface area contributed by atoms with Crippen molar-refractivity contribution in [2.75, 3.05) is 29.8 Å². The first-order valence-electron chi connectivity index (χ1n) is 16.6. The molecule has 0 aliphatic carbocycles. The second kappa shape index (κ2) is 15.7. The normalized spacial score (nSPS) is 20.1. The van der Waals surface area contributed by atoms with E-state index in [0.717, 1.165) is 86.8 Å². The Labute approximate surface area is 288 Å². The second-order valence-electron chi connectivity index (χ2n) is 13.5. The molecular weight excluding hydrogens is 637 g/mol. The summed E-state index contributed by atoms with van der Waals surface area (Å²) in [5.74, 6) is 3.33. The molecule has 0 spiro atoms. The van der Waals surface area contributed by atoms with Crippen molar-refractivity contribution in [3.8, 4) is 23.0 Å². The van der Waals surface area contributed by atoms with Crippen molar-refractivity contribution in [3.05, 3.63) is 44.5 Å². The number of benzene rings is 2. The fourth-order valence-electron chi connectivity index (χ4n) is 6.34. The summed E-state index contributed by atoms with van der Waals surface area (Å²) in [6.45, 7) is 16.4. The number of hydrogen-bond acceptors (Lipinski definition) is 10. The highest BCUT2D eigenvalue weighted by atomic mass is 32.2. The van der Waals surface area contributed by atoms with E-state index < -0.39 is 11.2 Å². The molecule has 2 heterocycles. The Morgan fingerprint density at radius 1 is 0.660 bits per heavy atom. The van der Waals surface area contributed by atoms with Crippen LogP contribution in [0.1, 0.15) is 96.9 Å². The first kappa shape index (κ1) is 37.1. The number of phenols is 2. The molecule has 0 aromatic heterocycles. The van der Waals surface area contributed by atoms with E-state index in [1.54, 1.807) is 23.5 Å². The fraction of sp³-hybridized carbons (Fsp3) is 0.622. The molecule has 8 nitrogen and oxygen atoms in total. The summed E-state index contributed by atoms with van der Waals surface area (Å²) >= 11 is 3.32. The molecule has 2 atom stereocenters. The topological polar surface area (TPSA) is 112 Å². The molecule has 2 unspecified atom stereocenters. The van der Waals surface area contributed by atoms with E-state index in [0.29, 0.717) is 61.9 Å². The average Bonchev–Trinajstić information content (AvgIpc) is 3.03. The van der Waals surface area contributed by atoms with Crippen molar-refractivity contribution in [2.24, 2.45) is 0 Å². The van der Waals surface area contributed by atoms with Crippen molar-refractivity contribution < 1.29 is 38.7 Å². The highest BCUT2D eigenvalue weighted by molar-refractivity contribution is 8.15. The summed E-state index contributed by atoms with van der Waals surface area (Å²) in [5.41, 5.74) is 6.70. The lowest BCUT2D eigenvalue weighted by Gasteiger charge is -2.38. The standard InChI is InChI=1S/C37H52O8S2/c1-22-24(3)34-28(26(5)32(22)40)9-13-36(7,44-34)15-17-42-30(38)11-19-46-21-47-20-12-31(39)43-18-16-37(8)14-10-29-27(6)33(41)23(2)25(4)35(29)45-37/h40-41H,9-21H2,1-8H3. The molecule has 0 bridgehead atoms. The Morgan fingerprint density at radius 2 is 1.04 bits per heavy atom. The van der Waals surface area contributed by atoms with Gasteiger partial charge >= 0.3 is 11.9 Å². The lowest BCUT2D eigenvalue weighted by molar-refractivity contribution is -0.145. The summed E-state index contributed by atoms with van der Waals surface area (Å²) in [4.78, 5) is 24.6. The van der Waals surface area contributed by atoms with Crippen LogP contribution in [0.2, 0.25) is 0 Å². The number of carbonyl (C=O) groups is 2. The van der Waals surface area contributed by atoms with Gasteiger partial charge in [0.15, 0.2) is 0 Å². The van der Waals surface area contributed by atoms with Gasteiger partial charge in [0.2, 0.25) is 0 Å². The van der Waals surface area contributed by atoms with Crippen LogP contribution in [0.5, 0.6) is 23.0 Å². The van der Waals surface area contributed by atoms with Crippen LogP contribution in [0.15, 0.2) is 0 Å². The third-order valence-electron chi connectivity index (χ3n) is 10.0. The van der Waals surface area contributed by atoms with Gasteiger partial charge in [0.05, 0.1) is 26.1 Å². The highest BCUT2D eigenvalue weighted by Gasteiger charge is 2.36. The molecule has 0 fully saturated rings. The van der Waals surface area contributed by atoms with Crippen molar-refractivity contribution in [1.82, 2.24) is 0 Å². The van der Waals surface area contributed by atoms with Crippen LogP contribution in [0.4, 0.5) is 0 Å². The summed E-state index contributed by atoms with van der Waals surface area (Å²) in [6.07, 6.45) is 5.16. The Bertz CT molecular complexity index is 1380. The molecule has 2 N–H and O–H groups in total. The van der Waals surface area contributed by atoms with Gasteiger partial charge in [-0.1, -0.05) is 0 Å². The molecule has 2 aromatic carbocycles. The number of thioether (sulfide) groups is 2. The van der Waals surface area contributed by atoms with E-state index in [-0.39, 0.29) is 11.9 Å². The number of aromatic hydroxyl groups is 2. The zero-order valence-electron chi connectivity index (χ0n) is 29.4. The quantitative estimate of drug-likeness (QED) is 0.116. The molecule has 0 saturated heterocycles. The average molecular weight is 689 g/mol. The summed E-state index contributed by atoms with van der Waals surface area (Å²) in [6, 6.07) is 0. The fourth-order valence-corrected chi connectivity index (χ4v) is 8.37. The van der Waals surface area contributed by atoms with Crippen LogP contribution in [-0.2, 0) is 31.9 Å². The minimum absolute atomic E-state index is 0.212. The van der Waals surface area contributed by atoms with Gasteiger partial charge in [-0.15, -0.1) is 0 Å². The highest BCUT2D eigenvalue weighted by Crippen LogP contribution is 2.45. The van der Waals surface area contributed by atoms with Crippen molar-refractivity contribution >= 4 is 35.5 Å². The third kappa shape index (κ3) is 8.85. The Balaban J connectivity index is 1.05. The smallest absolute Gasteiger partial charge is 0.306 e. The number of esters is 2. The molecule has 260 valence electrons. The predicted octanol–water partition coefficient (Wildman–Crippen LogP) is 7.89. The summed E-state index contributed by atoms with van der Waals surface area (Å²) in [7, 11) is 0. The molecular formula is C37H52O8S2. The molecule has 47 heavy (non-hydrogen) atoms. The molecule has 10 heteroatoms. The van der Waals surface area contributed by atoms with E-state index in [4.69, 9.17) is 18.9 Å². The van der Waals surface area contributed by atoms with Gasteiger partial charge in [0.25, 0.3) is 0 Å². The number of ether oxygens (including phenoxy) is 4. The Hall–Kier alpha value is -2.72. The van der Waals surface area contributed by atoms with Crippen LogP contribution >= 0.6 is 23.5 Å². The minimum atomic E-state index is -0.419. The maximum absolute atomic E-state index is 12.3. The van der Waals surface area contributed by atoms with Gasteiger partial charge in [-0.3, -0.25) is 9.59 Å². The third-order valence-corrected chi connectivity index (χ3v) is 12.4. The summed E-state index contributed by atoms with van der Waals surface area (Å²) < 4.78 is 23.9. The van der Waals surface area contributed by atoms with Crippen LogP contribution in [0.25, 0.3) is 0 Å². The van der Waals surface area contributed by atoms with Gasteiger partial charge in [-0.25, -0.2) is 0 Å². The van der Waals surface area contributed by atoms with E-state index in [1.807, 2.05) is 41.5 Å². The van der Waals surface area contributed by atoms with Crippen molar-refractivity contribution in [2.45, 2.75) is 118 Å². The number of hydrogen-bond donors (Lipinski definition) is 2. The lowest BCUT2D eigenvalue weighted by Crippen LogP contribution is -2.38. The molecule has 2 aromatic rings. The molecule has 0 radical (unpaired) electrons. The van der Waals surface area contributed by atoms with Gasteiger partial charge in [0.1, 0.15) is 34.2 Å². The molecule has 4 rings (SSSR count). The van der Waals surface area contributed by atoms with Crippen molar-refractivity contribution in [1.29, 1.82) is 0 Å². The van der Waals surface area contributed by atoms with E-state index in [2.05, 4.69) is 13.8 Å². The first-order chi connectivity index (χ1) is 22.2. The number of rotatable bonds is 14. The number of carbonyl (C=O) groups excluding carboxylic acids is 2. The van der Waals surface area contributed by atoms with Crippen LogP contribution < -0.4 is 9.47 Å². The van der Waals surface area contributed by atoms with E-state index in [1.165, 1.54) is 0 Å². The second-order valence-corrected chi connectivity index (χ2v) is 16.1.